The molecule has 2 N–H and O–H groups in total. The predicted molar refractivity (Wildman–Crippen MR) is 121 cm³/mol. The molecule has 0 aliphatic carbocycles. The monoisotopic (exact) mass is 431 g/mol. The van der Waals surface area contributed by atoms with E-state index >= 15 is 0 Å². The first-order valence-corrected chi connectivity index (χ1v) is 9.86. The zero-order valence-corrected chi connectivity index (χ0v) is 17.9. The molecule has 0 aliphatic rings. The number of carbonyl (C=O) groups is 2. The van der Waals surface area contributed by atoms with Crippen LogP contribution in [0.4, 0.5) is 10.2 Å². The van der Waals surface area contributed by atoms with Crippen molar-refractivity contribution in [3.63, 3.8) is 0 Å². The first-order chi connectivity index (χ1) is 15.4. The number of hydrogen-bond acceptors (Lipinski definition) is 5. The van der Waals surface area contributed by atoms with E-state index in [9.17, 15) is 14.0 Å². The Kier molecular flexibility index (Phi) is 7.32. The Labute approximate surface area is 185 Å². The van der Waals surface area contributed by atoms with Crippen molar-refractivity contribution in [1.82, 2.24) is 10.3 Å². The summed E-state index contributed by atoms with van der Waals surface area (Å²) in [7, 11) is 2.91. The van der Waals surface area contributed by atoms with Crippen molar-refractivity contribution in [2.24, 2.45) is 0 Å². The van der Waals surface area contributed by atoms with Gasteiger partial charge in [-0.05, 0) is 67.9 Å². The maximum atomic E-state index is 14.2. The lowest BCUT2D eigenvalue weighted by Crippen LogP contribution is -2.35. The highest BCUT2D eigenvalue weighted by atomic mass is 19.1. The fraction of sp³-hybridized carbons (Fsp3) is 0.160. The normalized spacial score (nSPS) is 11.1. The van der Waals surface area contributed by atoms with Crippen molar-refractivity contribution in [1.29, 1.82) is 0 Å². The number of esters is 1. The number of likely N-dealkylation sites (N-methyl/N-ethyl adjacent to an activating group) is 1. The number of amides is 1. The van der Waals surface area contributed by atoms with Gasteiger partial charge in [0.15, 0.2) is 0 Å². The maximum Gasteiger partial charge on any atom is 0.337 e. The average molecular weight is 431 g/mol. The van der Waals surface area contributed by atoms with E-state index in [1.807, 2.05) is 30.3 Å². The number of aromatic nitrogens is 1. The zero-order chi connectivity index (χ0) is 23.1. The van der Waals surface area contributed by atoms with E-state index in [0.29, 0.717) is 22.6 Å². The van der Waals surface area contributed by atoms with E-state index in [0.717, 1.165) is 11.6 Å². The number of pyridine rings is 1. The first-order valence-electron chi connectivity index (χ1n) is 9.86. The summed E-state index contributed by atoms with van der Waals surface area (Å²) >= 11 is 0. The van der Waals surface area contributed by atoms with Crippen molar-refractivity contribution < 1.29 is 18.7 Å². The lowest BCUT2D eigenvalue weighted by atomic mass is 10.0. The molecule has 162 valence electrons. The molecule has 1 atom stereocenters. The highest BCUT2D eigenvalue weighted by Gasteiger charge is 2.15. The summed E-state index contributed by atoms with van der Waals surface area (Å²) in [5, 5.41) is 5.59. The third kappa shape index (κ3) is 5.56. The van der Waals surface area contributed by atoms with E-state index in [2.05, 4.69) is 27.5 Å². The molecule has 0 spiro atoms. The quantitative estimate of drug-likeness (QED) is 0.477. The summed E-state index contributed by atoms with van der Waals surface area (Å²) in [6, 6.07) is 16.1. The van der Waals surface area contributed by atoms with Gasteiger partial charge in [0.1, 0.15) is 17.3 Å². The molecule has 0 bridgehead atoms. The Morgan fingerprint density at radius 3 is 2.50 bits per heavy atom. The van der Waals surface area contributed by atoms with Crippen LogP contribution in [0.25, 0.3) is 11.1 Å². The number of nitrogens with zero attached hydrogens (tertiary/aromatic N) is 1. The van der Waals surface area contributed by atoms with Crippen LogP contribution in [0.15, 0.2) is 60.7 Å². The van der Waals surface area contributed by atoms with Crippen molar-refractivity contribution in [2.75, 3.05) is 19.5 Å². The molecule has 1 unspecified atom stereocenters. The van der Waals surface area contributed by atoms with Gasteiger partial charge in [-0.25, -0.2) is 14.2 Å². The molecule has 3 aromatic rings. The summed E-state index contributed by atoms with van der Waals surface area (Å²) < 4.78 is 19.0. The molecule has 0 aliphatic heterocycles. The van der Waals surface area contributed by atoms with Gasteiger partial charge < -0.3 is 15.4 Å². The minimum atomic E-state index is -0.652. The SMILES string of the molecule is CNC(C)C(=O)Nc1ccc(-c2cc(F)cc(C(=O)OC)c2)c(C#Cc2ccccc2)n1. The molecule has 1 aromatic heterocycles. The third-order valence-corrected chi connectivity index (χ3v) is 4.70. The molecule has 32 heavy (non-hydrogen) atoms. The van der Waals surface area contributed by atoms with Gasteiger partial charge in [0, 0.05) is 11.1 Å². The second kappa shape index (κ2) is 10.3. The van der Waals surface area contributed by atoms with Crippen LogP contribution in [0, 0.1) is 17.7 Å². The van der Waals surface area contributed by atoms with Crippen LogP contribution in [0.2, 0.25) is 0 Å². The van der Waals surface area contributed by atoms with Crippen LogP contribution in [0.3, 0.4) is 0 Å². The van der Waals surface area contributed by atoms with Crippen molar-refractivity contribution in [2.45, 2.75) is 13.0 Å². The Bertz CT molecular complexity index is 1200. The second-order valence-electron chi connectivity index (χ2n) is 6.93. The molecule has 1 heterocycles. The van der Waals surface area contributed by atoms with Crippen molar-refractivity contribution in [3.05, 3.63) is 83.3 Å². The number of anilines is 1. The zero-order valence-electron chi connectivity index (χ0n) is 17.9. The highest BCUT2D eigenvalue weighted by Crippen LogP contribution is 2.26. The fourth-order valence-corrected chi connectivity index (χ4v) is 2.86. The van der Waals surface area contributed by atoms with Crippen LogP contribution in [0.1, 0.15) is 28.5 Å². The number of carbonyl (C=O) groups excluding carboxylic acids is 2. The van der Waals surface area contributed by atoms with E-state index in [4.69, 9.17) is 4.74 Å². The molecular weight excluding hydrogens is 409 g/mol. The summed E-state index contributed by atoms with van der Waals surface area (Å²) in [6.07, 6.45) is 0. The van der Waals surface area contributed by atoms with Gasteiger partial charge in [0.05, 0.1) is 18.7 Å². The van der Waals surface area contributed by atoms with Gasteiger partial charge in [0.25, 0.3) is 0 Å². The van der Waals surface area contributed by atoms with Gasteiger partial charge in [-0.15, -0.1) is 0 Å². The van der Waals surface area contributed by atoms with E-state index in [1.54, 1.807) is 26.1 Å². The third-order valence-electron chi connectivity index (χ3n) is 4.70. The Morgan fingerprint density at radius 1 is 1.06 bits per heavy atom. The standard InChI is InChI=1S/C25H22FN3O3/c1-16(27-2)24(30)29-23-12-10-21(18-13-19(25(31)32-3)15-20(26)14-18)22(28-23)11-9-17-7-5-4-6-8-17/h4-8,10,12-16,27H,1-3H3,(H,28,29,30). The smallest absolute Gasteiger partial charge is 0.337 e. The molecule has 3 rings (SSSR count). The average Bonchev–Trinajstić information content (AvgIpc) is 2.81. The van der Waals surface area contributed by atoms with Gasteiger partial charge in [-0.2, -0.15) is 0 Å². The second-order valence-corrected chi connectivity index (χ2v) is 6.93. The van der Waals surface area contributed by atoms with E-state index in [-0.39, 0.29) is 11.5 Å². The van der Waals surface area contributed by atoms with E-state index < -0.39 is 17.8 Å². The molecule has 0 saturated heterocycles. The molecular formula is C25H22FN3O3. The minimum absolute atomic E-state index is 0.0738. The largest absolute Gasteiger partial charge is 0.465 e. The van der Waals surface area contributed by atoms with Gasteiger partial charge in [-0.1, -0.05) is 24.1 Å². The summed E-state index contributed by atoms with van der Waals surface area (Å²) in [5.41, 5.74) is 2.09. The number of halogens is 1. The van der Waals surface area contributed by atoms with Crippen LogP contribution >= 0.6 is 0 Å². The van der Waals surface area contributed by atoms with Crippen LogP contribution in [0.5, 0.6) is 0 Å². The highest BCUT2D eigenvalue weighted by molar-refractivity contribution is 5.94. The maximum absolute atomic E-state index is 14.2. The fourth-order valence-electron chi connectivity index (χ4n) is 2.86. The summed E-state index contributed by atoms with van der Waals surface area (Å²) in [4.78, 5) is 28.6. The Morgan fingerprint density at radius 2 is 1.81 bits per heavy atom. The van der Waals surface area contributed by atoms with Crippen molar-refractivity contribution in [3.8, 4) is 23.0 Å². The topological polar surface area (TPSA) is 80.3 Å². The Hall–Kier alpha value is -4.02. The van der Waals surface area contributed by atoms with Crippen LogP contribution in [-0.2, 0) is 9.53 Å². The number of nitrogens with one attached hydrogen (secondary N) is 2. The lowest BCUT2D eigenvalue weighted by Gasteiger charge is -2.12. The number of ether oxygens (including phenoxy) is 1. The molecule has 0 saturated carbocycles. The molecule has 7 heteroatoms. The molecule has 0 radical (unpaired) electrons. The van der Waals surface area contributed by atoms with Gasteiger partial charge in [0.2, 0.25) is 5.91 Å². The van der Waals surface area contributed by atoms with Gasteiger partial charge >= 0.3 is 5.97 Å². The summed E-state index contributed by atoms with van der Waals surface area (Å²) in [5.74, 6) is 4.83. The van der Waals surface area contributed by atoms with Crippen LogP contribution < -0.4 is 10.6 Å². The van der Waals surface area contributed by atoms with E-state index in [1.165, 1.54) is 19.2 Å². The molecule has 6 nitrogen and oxygen atoms in total. The molecule has 1 amide bonds. The molecule has 0 fully saturated rings. The predicted octanol–water partition coefficient (Wildman–Crippen LogP) is 3.62. The van der Waals surface area contributed by atoms with Gasteiger partial charge in [-0.3, -0.25) is 4.79 Å². The number of rotatable bonds is 5. The van der Waals surface area contributed by atoms with Crippen LogP contribution in [-0.4, -0.2) is 37.1 Å². The first kappa shape index (κ1) is 22.7. The minimum Gasteiger partial charge on any atom is -0.465 e. The number of methoxy groups -OCH3 is 1. The number of benzene rings is 2. The lowest BCUT2D eigenvalue weighted by molar-refractivity contribution is -0.117. The Balaban J connectivity index is 2.09. The number of hydrogen-bond donors (Lipinski definition) is 2. The van der Waals surface area contributed by atoms with Crippen molar-refractivity contribution >= 4 is 17.7 Å². The summed E-state index contributed by atoms with van der Waals surface area (Å²) in [6.45, 7) is 1.72. The molecule has 2 aromatic carbocycles.